The first-order valence-corrected chi connectivity index (χ1v) is 7.53. The first-order valence-electron chi connectivity index (χ1n) is 6.74. The van der Waals surface area contributed by atoms with Gasteiger partial charge in [-0.15, -0.1) is 0 Å². The van der Waals surface area contributed by atoms with Gasteiger partial charge in [-0.3, -0.25) is 0 Å². The number of aromatic amines is 1. The SMILES string of the molecule is CCCNc1nc(Nc2ccccc2Br)c2[nH]cnc2n1. The summed E-state index contributed by atoms with van der Waals surface area (Å²) in [5.74, 6) is 1.27. The number of para-hydroxylation sites is 1. The summed E-state index contributed by atoms with van der Waals surface area (Å²) in [4.78, 5) is 16.2. The Morgan fingerprint density at radius 2 is 2.10 bits per heavy atom. The van der Waals surface area contributed by atoms with E-state index in [4.69, 9.17) is 0 Å². The second-order valence-electron chi connectivity index (χ2n) is 4.53. The van der Waals surface area contributed by atoms with Crippen LogP contribution in [0.2, 0.25) is 0 Å². The normalized spacial score (nSPS) is 10.8. The van der Waals surface area contributed by atoms with Crippen molar-refractivity contribution in [2.45, 2.75) is 13.3 Å². The maximum absolute atomic E-state index is 4.52. The molecule has 3 N–H and O–H groups in total. The van der Waals surface area contributed by atoms with E-state index in [1.807, 2.05) is 24.3 Å². The number of anilines is 3. The standard InChI is InChI=1S/C14H15BrN6/c1-2-7-16-14-20-12-11(17-8-18-12)13(21-14)19-10-6-4-3-5-9(10)15/h3-6,8H,2,7H2,1H3,(H3,16,17,18,19,20,21). The molecule has 0 aliphatic rings. The van der Waals surface area contributed by atoms with E-state index in [2.05, 4.69) is 53.4 Å². The predicted molar refractivity (Wildman–Crippen MR) is 87.9 cm³/mol. The highest BCUT2D eigenvalue weighted by molar-refractivity contribution is 9.10. The van der Waals surface area contributed by atoms with Crippen LogP contribution in [0.15, 0.2) is 35.1 Å². The van der Waals surface area contributed by atoms with Gasteiger partial charge in [0.15, 0.2) is 11.5 Å². The maximum atomic E-state index is 4.52. The van der Waals surface area contributed by atoms with Crippen LogP contribution in [0.5, 0.6) is 0 Å². The minimum absolute atomic E-state index is 0.575. The van der Waals surface area contributed by atoms with Crippen molar-refractivity contribution in [2.75, 3.05) is 17.2 Å². The lowest BCUT2D eigenvalue weighted by Crippen LogP contribution is -2.06. The van der Waals surface area contributed by atoms with Gasteiger partial charge < -0.3 is 15.6 Å². The van der Waals surface area contributed by atoms with Gasteiger partial charge in [0, 0.05) is 11.0 Å². The van der Waals surface area contributed by atoms with Gasteiger partial charge in [0.2, 0.25) is 5.95 Å². The smallest absolute Gasteiger partial charge is 0.226 e. The molecule has 0 saturated heterocycles. The van der Waals surface area contributed by atoms with E-state index >= 15 is 0 Å². The molecule has 0 fully saturated rings. The molecule has 7 heteroatoms. The van der Waals surface area contributed by atoms with Crippen LogP contribution in [0.1, 0.15) is 13.3 Å². The number of benzene rings is 1. The number of rotatable bonds is 5. The van der Waals surface area contributed by atoms with Crippen molar-refractivity contribution in [2.24, 2.45) is 0 Å². The number of imidazole rings is 1. The molecule has 21 heavy (non-hydrogen) atoms. The first kappa shape index (κ1) is 13.8. The molecular weight excluding hydrogens is 332 g/mol. The molecule has 0 aliphatic heterocycles. The van der Waals surface area contributed by atoms with Crippen molar-refractivity contribution < 1.29 is 0 Å². The summed E-state index contributed by atoms with van der Waals surface area (Å²) in [6.07, 6.45) is 2.63. The largest absolute Gasteiger partial charge is 0.354 e. The molecule has 0 saturated carbocycles. The summed E-state index contributed by atoms with van der Waals surface area (Å²) in [5, 5.41) is 6.50. The minimum Gasteiger partial charge on any atom is -0.354 e. The zero-order valence-corrected chi connectivity index (χ0v) is 13.1. The van der Waals surface area contributed by atoms with Gasteiger partial charge in [0.1, 0.15) is 5.52 Å². The molecule has 2 heterocycles. The fraction of sp³-hybridized carbons (Fsp3) is 0.214. The van der Waals surface area contributed by atoms with Crippen LogP contribution in [-0.2, 0) is 0 Å². The van der Waals surface area contributed by atoms with E-state index in [0.29, 0.717) is 17.4 Å². The average Bonchev–Trinajstić information content (AvgIpc) is 2.96. The highest BCUT2D eigenvalue weighted by atomic mass is 79.9. The van der Waals surface area contributed by atoms with Crippen LogP contribution in [0, 0.1) is 0 Å². The highest BCUT2D eigenvalue weighted by Crippen LogP contribution is 2.27. The summed E-state index contributed by atoms with van der Waals surface area (Å²) in [7, 11) is 0. The van der Waals surface area contributed by atoms with Crippen molar-refractivity contribution in [3.63, 3.8) is 0 Å². The van der Waals surface area contributed by atoms with Crippen molar-refractivity contribution in [3.8, 4) is 0 Å². The zero-order valence-electron chi connectivity index (χ0n) is 11.5. The minimum atomic E-state index is 0.575. The molecule has 1 aromatic carbocycles. The molecule has 0 amide bonds. The fourth-order valence-corrected chi connectivity index (χ4v) is 2.31. The number of hydrogen-bond donors (Lipinski definition) is 3. The van der Waals surface area contributed by atoms with E-state index in [9.17, 15) is 0 Å². The Hall–Kier alpha value is -2.15. The lowest BCUT2D eigenvalue weighted by Gasteiger charge is -2.10. The molecule has 108 valence electrons. The van der Waals surface area contributed by atoms with Crippen LogP contribution in [0.3, 0.4) is 0 Å². The monoisotopic (exact) mass is 346 g/mol. The van der Waals surface area contributed by atoms with Crippen LogP contribution in [-0.4, -0.2) is 26.5 Å². The molecule has 3 rings (SSSR count). The second-order valence-corrected chi connectivity index (χ2v) is 5.38. The number of aromatic nitrogens is 4. The molecule has 2 aromatic heterocycles. The number of nitrogens with zero attached hydrogens (tertiary/aromatic N) is 3. The van der Waals surface area contributed by atoms with Crippen molar-refractivity contribution in [1.29, 1.82) is 0 Å². The van der Waals surface area contributed by atoms with E-state index < -0.39 is 0 Å². The summed E-state index contributed by atoms with van der Waals surface area (Å²) in [5.41, 5.74) is 2.36. The van der Waals surface area contributed by atoms with Crippen LogP contribution in [0.25, 0.3) is 11.2 Å². The number of fused-ring (bicyclic) bond motifs is 1. The van der Waals surface area contributed by atoms with Gasteiger partial charge in [-0.25, -0.2) is 4.98 Å². The third-order valence-electron chi connectivity index (χ3n) is 2.95. The summed E-state index contributed by atoms with van der Waals surface area (Å²) >= 11 is 3.52. The molecule has 6 nitrogen and oxygen atoms in total. The Kier molecular flexibility index (Phi) is 4.01. The van der Waals surface area contributed by atoms with Crippen LogP contribution >= 0.6 is 15.9 Å². The Morgan fingerprint density at radius 3 is 2.90 bits per heavy atom. The van der Waals surface area contributed by atoms with Crippen molar-refractivity contribution in [1.82, 2.24) is 19.9 Å². The number of nitrogens with one attached hydrogen (secondary N) is 3. The summed E-state index contributed by atoms with van der Waals surface area (Å²) in [6, 6.07) is 7.89. The van der Waals surface area contributed by atoms with E-state index in [0.717, 1.165) is 28.6 Å². The van der Waals surface area contributed by atoms with Crippen LogP contribution in [0.4, 0.5) is 17.5 Å². The van der Waals surface area contributed by atoms with Gasteiger partial charge in [0.25, 0.3) is 0 Å². The van der Waals surface area contributed by atoms with Gasteiger partial charge in [0.05, 0.1) is 12.0 Å². The molecule has 0 aliphatic carbocycles. The molecule has 0 unspecified atom stereocenters. The lowest BCUT2D eigenvalue weighted by atomic mass is 10.3. The first-order chi connectivity index (χ1) is 10.3. The molecule has 0 radical (unpaired) electrons. The molecule has 3 aromatic rings. The van der Waals surface area contributed by atoms with Crippen molar-refractivity contribution in [3.05, 3.63) is 35.1 Å². The average molecular weight is 347 g/mol. The predicted octanol–water partition coefficient (Wildman–Crippen LogP) is 3.68. The van der Waals surface area contributed by atoms with Gasteiger partial charge in [-0.05, 0) is 34.5 Å². The van der Waals surface area contributed by atoms with E-state index in [1.54, 1.807) is 6.33 Å². The third-order valence-corrected chi connectivity index (χ3v) is 3.64. The fourth-order valence-electron chi connectivity index (χ4n) is 1.93. The third kappa shape index (κ3) is 2.97. The molecule has 0 atom stereocenters. The maximum Gasteiger partial charge on any atom is 0.226 e. The van der Waals surface area contributed by atoms with Gasteiger partial charge in [-0.1, -0.05) is 19.1 Å². The molecular formula is C14H15BrN6. The summed E-state index contributed by atoms with van der Waals surface area (Å²) in [6.45, 7) is 2.92. The quantitative estimate of drug-likeness (QED) is 0.656. The number of H-pyrrole nitrogens is 1. The highest BCUT2D eigenvalue weighted by Gasteiger charge is 2.11. The van der Waals surface area contributed by atoms with Crippen molar-refractivity contribution >= 4 is 44.5 Å². The topological polar surface area (TPSA) is 78.5 Å². The zero-order chi connectivity index (χ0) is 14.7. The van der Waals surface area contributed by atoms with Crippen LogP contribution < -0.4 is 10.6 Å². The van der Waals surface area contributed by atoms with Gasteiger partial charge >= 0.3 is 0 Å². The Balaban J connectivity index is 2.00. The second kappa shape index (κ2) is 6.09. The Labute approximate surface area is 130 Å². The molecule has 0 bridgehead atoms. The lowest BCUT2D eigenvalue weighted by molar-refractivity contribution is 0.956. The van der Waals surface area contributed by atoms with E-state index in [-0.39, 0.29) is 0 Å². The Morgan fingerprint density at radius 1 is 1.24 bits per heavy atom. The van der Waals surface area contributed by atoms with E-state index in [1.165, 1.54) is 0 Å². The number of hydrogen-bond acceptors (Lipinski definition) is 5. The number of halogens is 1. The van der Waals surface area contributed by atoms with Gasteiger partial charge in [-0.2, -0.15) is 9.97 Å². The molecule has 0 spiro atoms. The Bertz CT molecular complexity index is 754. The summed E-state index contributed by atoms with van der Waals surface area (Å²) < 4.78 is 0.972.